The number of carbonyl (C=O) groups is 4. The number of carbonyl (C=O) groups excluding carboxylic acids is 4. The van der Waals surface area contributed by atoms with E-state index >= 15 is 0 Å². The van der Waals surface area contributed by atoms with E-state index in [1.807, 2.05) is 6.07 Å². The number of benzene rings is 3. The molecule has 0 aliphatic rings. The first-order chi connectivity index (χ1) is 15.0. The van der Waals surface area contributed by atoms with Crippen LogP contribution in [0.5, 0.6) is 0 Å². The molecule has 3 aromatic rings. The van der Waals surface area contributed by atoms with Gasteiger partial charge in [0, 0.05) is 33.6 Å². The number of anilines is 2. The molecule has 166 valence electrons. The smallest absolute Gasteiger partial charge is 0.252 e. The SMILES string of the molecule is Nc1cccc(N)c1.O=C(Cl)c1ccc(C(=O)Cl)cc1.O=C(Cl)c1cccc(C(=O)Cl)c1. The van der Waals surface area contributed by atoms with E-state index in [0.717, 1.165) is 0 Å². The molecule has 3 rings (SSSR count). The Labute approximate surface area is 204 Å². The fourth-order valence-corrected chi connectivity index (χ4v) is 2.54. The van der Waals surface area contributed by atoms with E-state index in [1.54, 1.807) is 24.3 Å². The second-order valence-electron chi connectivity index (χ2n) is 5.92. The van der Waals surface area contributed by atoms with Gasteiger partial charge in [-0.3, -0.25) is 19.2 Å². The molecule has 0 aliphatic carbocycles. The van der Waals surface area contributed by atoms with Crippen LogP contribution in [0, 0.1) is 0 Å². The zero-order chi connectivity index (χ0) is 24.3. The summed E-state index contributed by atoms with van der Waals surface area (Å²) < 4.78 is 0. The van der Waals surface area contributed by atoms with Gasteiger partial charge in [0.25, 0.3) is 21.0 Å². The molecule has 0 atom stereocenters. The molecule has 0 heterocycles. The van der Waals surface area contributed by atoms with Crippen LogP contribution in [0.2, 0.25) is 0 Å². The van der Waals surface area contributed by atoms with Crippen molar-refractivity contribution in [3.63, 3.8) is 0 Å². The first kappa shape index (κ1) is 27.1. The highest BCUT2D eigenvalue weighted by Gasteiger charge is 2.06. The Hall–Kier alpha value is -2.90. The quantitative estimate of drug-likeness (QED) is 0.339. The zero-order valence-corrected chi connectivity index (χ0v) is 19.3. The third kappa shape index (κ3) is 9.94. The molecule has 0 radical (unpaired) electrons. The molecule has 0 fully saturated rings. The van der Waals surface area contributed by atoms with Crippen LogP contribution in [0.15, 0.2) is 72.8 Å². The van der Waals surface area contributed by atoms with Crippen molar-refractivity contribution < 1.29 is 19.2 Å². The second-order valence-corrected chi connectivity index (χ2v) is 7.30. The van der Waals surface area contributed by atoms with Crippen LogP contribution in [0.1, 0.15) is 41.4 Å². The molecule has 32 heavy (non-hydrogen) atoms. The number of rotatable bonds is 4. The average Bonchev–Trinajstić information content (AvgIpc) is 2.74. The summed E-state index contributed by atoms with van der Waals surface area (Å²) in [4.78, 5) is 42.4. The lowest BCUT2D eigenvalue weighted by molar-refractivity contribution is 0.107. The molecule has 0 aromatic heterocycles. The van der Waals surface area contributed by atoms with Crippen LogP contribution in [-0.2, 0) is 0 Å². The summed E-state index contributed by atoms with van der Waals surface area (Å²) >= 11 is 20.7. The van der Waals surface area contributed by atoms with Gasteiger partial charge in [-0.25, -0.2) is 0 Å². The van der Waals surface area contributed by atoms with E-state index in [9.17, 15) is 19.2 Å². The Balaban J connectivity index is 0.000000245. The van der Waals surface area contributed by atoms with Crippen molar-refractivity contribution in [1.82, 2.24) is 0 Å². The summed E-state index contributed by atoms with van der Waals surface area (Å²) in [6.45, 7) is 0. The summed E-state index contributed by atoms with van der Waals surface area (Å²) in [5, 5.41) is -2.31. The van der Waals surface area contributed by atoms with E-state index in [4.69, 9.17) is 57.9 Å². The molecule has 0 aliphatic heterocycles. The molecule has 0 spiro atoms. The Morgan fingerprint density at radius 2 is 0.781 bits per heavy atom. The molecule has 10 heteroatoms. The largest absolute Gasteiger partial charge is 0.399 e. The molecule has 6 nitrogen and oxygen atoms in total. The highest BCUT2D eigenvalue weighted by molar-refractivity contribution is 6.69. The Bertz CT molecular complexity index is 1040. The van der Waals surface area contributed by atoms with Gasteiger partial charge in [0.1, 0.15) is 0 Å². The van der Waals surface area contributed by atoms with E-state index in [2.05, 4.69) is 0 Å². The molecule has 4 N–H and O–H groups in total. The third-order valence-corrected chi connectivity index (χ3v) is 4.44. The van der Waals surface area contributed by atoms with Gasteiger partial charge >= 0.3 is 0 Å². The fraction of sp³-hybridized carbons (Fsp3) is 0. The maximum atomic E-state index is 10.6. The van der Waals surface area contributed by atoms with E-state index < -0.39 is 21.0 Å². The van der Waals surface area contributed by atoms with Crippen LogP contribution in [-0.4, -0.2) is 21.0 Å². The van der Waals surface area contributed by atoms with Crippen LogP contribution in [0.25, 0.3) is 0 Å². The number of hydrogen-bond acceptors (Lipinski definition) is 6. The normalized spacial score (nSPS) is 9.38. The summed E-state index contributed by atoms with van der Waals surface area (Å²) in [5.74, 6) is 0. The van der Waals surface area contributed by atoms with Crippen molar-refractivity contribution >= 4 is 78.7 Å². The minimum absolute atomic E-state index is 0.267. The number of halogens is 4. The van der Waals surface area contributed by atoms with Gasteiger partial charge in [0.2, 0.25) is 0 Å². The maximum absolute atomic E-state index is 10.6. The molecular weight excluding hydrogens is 498 g/mol. The van der Waals surface area contributed by atoms with E-state index in [1.165, 1.54) is 42.5 Å². The summed E-state index contributed by atoms with van der Waals surface area (Å²) in [6, 6.07) is 18.9. The average molecular weight is 514 g/mol. The zero-order valence-electron chi connectivity index (χ0n) is 16.2. The summed E-state index contributed by atoms with van der Waals surface area (Å²) in [7, 11) is 0. The molecule has 0 unspecified atom stereocenters. The topological polar surface area (TPSA) is 120 Å². The Morgan fingerprint density at radius 1 is 0.469 bits per heavy atom. The summed E-state index contributed by atoms with van der Waals surface area (Å²) in [6.07, 6.45) is 0. The van der Waals surface area contributed by atoms with Gasteiger partial charge in [-0.15, -0.1) is 0 Å². The Morgan fingerprint density at radius 3 is 1.03 bits per heavy atom. The minimum Gasteiger partial charge on any atom is -0.399 e. The van der Waals surface area contributed by atoms with E-state index in [-0.39, 0.29) is 11.1 Å². The van der Waals surface area contributed by atoms with Crippen LogP contribution < -0.4 is 11.5 Å². The lowest BCUT2D eigenvalue weighted by atomic mass is 10.1. The first-order valence-corrected chi connectivity index (χ1v) is 10.1. The maximum Gasteiger partial charge on any atom is 0.252 e. The predicted octanol–water partition coefficient (Wildman–Crippen LogP) is 5.74. The minimum atomic E-state index is -0.602. The van der Waals surface area contributed by atoms with Crippen molar-refractivity contribution in [3.05, 3.63) is 95.1 Å². The Kier molecular flexibility index (Phi) is 11.4. The van der Waals surface area contributed by atoms with Gasteiger partial charge in [-0.05, 0) is 94.9 Å². The number of nitrogens with two attached hydrogens (primary N) is 2. The molecule has 0 saturated carbocycles. The highest BCUT2D eigenvalue weighted by Crippen LogP contribution is 2.10. The van der Waals surface area contributed by atoms with Crippen LogP contribution >= 0.6 is 46.4 Å². The van der Waals surface area contributed by atoms with E-state index in [0.29, 0.717) is 22.5 Å². The second kappa shape index (κ2) is 13.5. The fourth-order valence-electron chi connectivity index (χ4n) is 2.06. The standard InChI is InChI=1S/2C8H4Cl2O2.C6H8N2/c9-7(11)5-1-2-6(4-3-5)8(10)12;9-7(11)5-2-1-3-6(4-5)8(10)12;7-5-2-1-3-6(8)4-5/h2*1-4H;1-4H,7-8H2. The molecule has 3 aromatic carbocycles. The summed E-state index contributed by atoms with van der Waals surface area (Å²) in [5.41, 5.74) is 13.4. The van der Waals surface area contributed by atoms with Gasteiger partial charge in [0.05, 0.1) is 0 Å². The molecule has 0 saturated heterocycles. The van der Waals surface area contributed by atoms with Crippen molar-refractivity contribution in [2.45, 2.75) is 0 Å². The van der Waals surface area contributed by atoms with Crippen molar-refractivity contribution in [1.29, 1.82) is 0 Å². The first-order valence-electron chi connectivity index (χ1n) is 8.61. The number of nitrogen functional groups attached to an aromatic ring is 2. The van der Waals surface area contributed by atoms with Crippen molar-refractivity contribution in [2.24, 2.45) is 0 Å². The number of hydrogen-bond donors (Lipinski definition) is 2. The van der Waals surface area contributed by atoms with Crippen LogP contribution in [0.4, 0.5) is 11.4 Å². The van der Waals surface area contributed by atoms with Crippen LogP contribution in [0.3, 0.4) is 0 Å². The van der Waals surface area contributed by atoms with Crippen molar-refractivity contribution in [2.75, 3.05) is 11.5 Å². The molecule has 0 amide bonds. The predicted molar refractivity (Wildman–Crippen MR) is 129 cm³/mol. The van der Waals surface area contributed by atoms with Gasteiger partial charge in [-0.1, -0.05) is 24.3 Å². The third-order valence-electron chi connectivity index (χ3n) is 3.57. The molecule has 0 bridgehead atoms. The molecular formula is C22H16Cl4N2O4. The highest BCUT2D eigenvalue weighted by atomic mass is 35.5. The van der Waals surface area contributed by atoms with Gasteiger partial charge < -0.3 is 11.5 Å². The monoisotopic (exact) mass is 512 g/mol. The van der Waals surface area contributed by atoms with Crippen molar-refractivity contribution in [3.8, 4) is 0 Å². The van der Waals surface area contributed by atoms with Gasteiger partial charge in [0.15, 0.2) is 0 Å². The van der Waals surface area contributed by atoms with Gasteiger partial charge in [-0.2, -0.15) is 0 Å². The lowest BCUT2D eigenvalue weighted by Crippen LogP contribution is -1.93. The lowest BCUT2D eigenvalue weighted by Gasteiger charge is -1.95.